The Hall–Kier alpha value is -1.37. The lowest BCUT2D eigenvalue weighted by atomic mass is 9.65. The highest BCUT2D eigenvalue weighted by molar-refractivity contribution is 7.99. The van der Waals surface area contributed by atoms with Gasteiger partial charge < -0.3 is 4.90 Å². The Morgan fingerprint density at radius 2 is 2.09 bits per heavy atom. The van der Waals surface area contributed by atoms with Crippen molar-refractivity contribution in [1.29, 1.82) is 0 Å². The van der Waals surface area contributed by atoms with Crippen LogP contribution in [0.25, 0.3) is 0 Å². The van der Waals surface area contributed by atoms with Crippen molar-refractivity contribution in [2.45, 2.75) is 58.2 Å². The number of hydrogen-bond donors (Lipinski definition) is 1. The monoisotopic (exact) mass is 336 g/mol. The van der Waals surface area contributed by atoms with Gasteiger partial charge in [0.1, 0.15) is 5.69 Å². The summed E-state index contributed by atoms with van der Waals surface area (Å²) in [5, 5.41) is 8.13. The lowest BCUT2D eigenvalue weighted by molar-refractivity contribution is -0.129. The number of nitrogens with zero attached hydrogens (tertiary/aromatic N) is 3. The quantitative estimate of drug-likeness (QED) is 0.854. The number of carbonyl (C=O) groups is 1. The average Bonchev–Trinajstić information content (AvgIpc) is 2.69. The normalized spacial score (nSPS) is 28.9. The number of fused-ring (bicyclic) bond motifs is 2. The summed E-state index contributed by atoms with van der Waals surface area (Å²) in [6.45, 7) is 9.35. The maximum absolute atomic E-state index is 12.6. The Kier molecular flexibility index (Phi) is 4.02. The van der Waals surface area contributed by atoms with Crippen molar-refractivity contribution in [3.8, 4) is 0 Å². The number of aromatic nitrogens is 3. The first-order valence-electron chi connectivity index (χ1n) is 8.03. The molecular weight excluding hydrogens is 312 g/mol. The maximum Gasteiger partial charge on any atom is 0.273 e. The van der Waals surface area contributed by atoms with Crippen molar-refractivity contribution in [1.82, 2.24) is 20.1 Å². The predicted molar refractivity (Wildman–Crippen MR) is 89.4 cm³/mol. The van der Waals surface area contributed by atoms with Crippen LogP contribution in [-0.2, 0) is 4.79 Å². The van der Waals surface area contributed by atoms with Crippen LogP contribution >= 0.6 is 11.8 Å². The van der Waals surface area contributed by atoms with Gasteiger partial charge in [0.15, 0.2) is 5.16 Å². The fourth-order valence-corrected chi connectivity index (χ4v) is 5.10. The fraction of sp³-hybridized carbons (Fsp3) is 0.750. The van der Waals surface area contributed by atoms with Gasteiger partial charge in [-0.1, -0.05) is 32.5 Å². The highest BCUT2D eigenvalue weighted by Gasteiger charge is 2.50. The number of aryl methyl sites for hydroxylation is 1. The maximum atomic E-state index is 12.6. The minimum Gasteiger partial charge on any atom is -0.338 e. The molecule has 1 amide bonds. The second kappa shape index (κ2) is 5.61. The largest absolute Gasteiger partial charge is 0.338 e. The van der Waals surface area contributed by atoms with E-state index in [1.807, 2.05) is 4.90 Å². The molecule has 2 aliphatic rings. The first-order chi connectivity index (χ1) is 10.7. The van der Waals surface area contributed by atoms with Crippen molar-refractivity contribution in [3.05, 3.63) is 16.0 Å². The molecule has 0 spiro atoms. The van der Waals surface area contributed by atoms with Gasteiger partial charge in [-0.3, -0.25) is 14.6 Å². The van der Waals surface area contributed by atoms with Crippen molar-refractivity contribution < 1.29 is 4.79 Å². The van der Waals surface area contributed by atoms with E-state index < -0.39 is 0 Å². The average molecular weight is 336 g/mol. The van der Waals surface area contributed by atoms with E-state index in [0.29, 0.717) is 28.1 Å². The van der Waals surface area contributed by atoms with Crippen LogP contribution in [0.4, 0.5) is 0 Å². The second-order valence-electron chi connectivity index (χ2n) is 8.07. The number of aromatic amines is 1. The Bertz CT molecular complexity index is 687. The van der Waals surface area contributed by atoms with Gasteiger partial charge in [-0.05, 0) is 37.0 Å². The molecule has 1 aliphatic carbocycles. The number of thioether (sulfide) groups is 1. The Morgan fingerprint density at radius 1 is 1.35 bits per heavy atom. The molecular formula is C16H24N4O2S. The van der Waals surface area contributed by atoms with Crippen LogP contribution in [0.5, 0.6) is 0 Å². The fourth-order valence-electron chi connectivity index (χ4n) is 4.41. The lowest BCUT2D eigenvalue weighted by Crippen LogP contribution is -2.38. The zero-order valence-electron chi connectivity index (χ0n) is 14.2. The van der Waals surface area contributed by atoms with Gasteiger partial charge >= 0.3 is 0 Å². The smallest absolute Gasteiger partial charge is 0.273 e. The van der Waals surface area contributed by atoms with Crippen molar-refractivity contribution in [3.63, 3.8) is 0 Å². The highest BCUT2D eigenvalue weighted by Crippen LogP contribution is 2.52. The van der Waals surface area contributed by atoms with Gasteiger partial charge in [0.05, 0.1) is 5.75 Å². The molecule has 2 atom stereocenters. The van der Waals surface area contributed by atoms with Crippen LogP contribution < -0.4 is 5.56 Å². The molecule has 0 aromatic carbocycles. The van der Waals surface area contributed by atoms with Gasteiger partial charge in [0.2, 0.25) is 5.91 Å². The number of amides is 1. The van der Waals surface area contributed by atoms with Gasteiger partial charge in [-0.25, -0.2) is 0 Å². The van der Waals surface area contributed by atoms with E-state index in [1.165, 1.54) is 18.2 Å². The summed E-state index contributed by atoms with van der Waals surface area (Å²) < 4.78 is 0. The summed E-state index contributed by atoms with van der Waals surface area (Å²) in [6, 6.07) is 0.347. The minimum absolute atomic E-state index is 0.129. The van der Waals surface area contributed by atoms with E-state index in [1.54, 1.807) is 6.92 Å². The van der Waals surface area contributed by atoms with Crippen LogP contribution in [0.15, 0.2) is 9.95 Å². The first-order valence-corrected chi connectivity index (χ1v) is 9.02. The van der Waals surface area contributed by atoms with Gasteiger partial charge in [0, 0.05) is 12.6 Å². The Morgan fingerprint density at radius 3 is 2.78 bits per heavy atom. The molecule has 1 aromatic heterocycles. The highest BCUT2D eigenvalue weighted by atomic mass is 32.2. The molecule has 1 saturated heterocycles. The number of carbonyl (C=O) groups excluding carboxylic acids is 1. The second-order valence-corrected chi connectivity index (χ2v) is 9.03. The summed E-state index contributed by atoms with van der Waals surface area (Å²) in [5.74, 6) is 0.422. The SMILES string of the molecule is Cc1nnc(SCC(=O)N2CC3(C)CC2CC(C)(C)C3)[nH]c1=O. The molecule has 7 heteroatoms. The van der Waals surface area contributed by atoms with Crippen LogP contribution in [0, 0.1) is 17.8 Å². The Balaban J connectivity index is 1.65. The molecule has 1 saturated carbocycles. The van der Waals surface area contributed by atoms with E-state index in [4.69, 9.17) is 0 Å². The molecule has 23 heavy (non-hydrogen) atoms. The summed E-state index contributed by atoms with van der Waals surface area (Å²) in [6.07, 6.45) is 3.35. The topological polar surface area (TPSA) is 79.0 Å². The van der Waals surface area contributed by atoms with Gasteiger partial charge in [-0.15, -0.1) is 10.2 Å². The molecule has 1 N–H and O–H groups in total. The van der Waals surface area contributed by atoms with Crippen molar-refractivity contribution in [2.24, 2.45) is 10.8 Å². The van der Waals surface area contributed by atoms with Crippen LogP contribution in [0.1, 0.15) is 45.7 Å². The molecule has 2 unspecified atom stereocenters. The van der Waals surface area contributed by atoms with E-state index in [0.717, 1.165) is 19.4 Å². The van der Waals surface area contributed by atoms with E-state index in [-0.39, 0.29) is 16.9 Å². The third-order valence-corrected chi connectivity index (χ3v) is 5.76. The molecule has 1 aliphatic heterocycles. The Labute approximate surface area is 140 Å². The van der Waals surface area contributed by atoms with Crippen LogP contribution in [-0.4, -0.2) is 44.3 Å². The molecule has 126 valence electrons. The van der Waals surface area contributed by atoms with Crippen LogP contribution in [0.2, 0.25) is 0 Å². The lowest BCUT2D eigenvalue weighted by Gasteiger charge is -2.39. The zero-order valence-corrected chi connectivity index (χ0v) is 15.0. The molecule has 0 radical (unpaired) electrons. The van der Waals surface area contributed by atoms with Crippen molar-refractivity contribution >= 4 is 17.7 Å². The molecule has 2 bridgehead atoms. The summed E-state index contributed by atoms with van der Waals surface area (Å²) >= 11 is 1.25. The number of H-pyrrole nitrogens is 1. The van der Waals surface area contributed by atoms with Gasteiger partial charge in [-0.2, -0.15) is 0 Å². The number of hydrogen-bond acceptors (Lipinski definition) is 5. The molecule has 6 nitrogen and oxygen atoms in total. The van der Waals surface area contributed by atoms with Crippen LogP contribution in [0.3, 0.4) is 0 Å². The summed E-state index contributed by atoms with van der Waals surface area (Å²) in [5.41, 5.74) is 0.628. The van der Waals surface area contributed by atoms with E-state index in [2.05, 4.69) is 36.0 Å². The number of likely N-dealkylation sites (tertiary alicyclic amines) is 1. The van der Waals surface area contributed by atoms with Gasteiger partial charge in [0.25, 0.3) is 5.56 Å². The number of rotatable bonds is 3. The predicted octanol–water partition coefficient (Wildman–Crippen LogP) is 1.99. The minimum atomic E-state index is -0.249. The summed E-state index contributed by atoms with van der Waals surface area (Å²) in [7, 11) is 0. The zero-order chi connectivity index (χ0) is 16.8. The first kappa shape index (κ1) is 16.5. The number of nitrogens with one attached hydrogen (secondary N) is 1. The summed E-state index contributed by atoms with van der Waals surface area (Å²) in [4.78, 5) is 28.9. The third kappa shape index (κ3) is 3.44. The molecule has 2 heterocycles. The molecule has 1 aromatic rings. The molecule has 3 rings (SSSR count). The third-order valence-electron chi connectivity index (χ3n) is 4.91. The van der Waals surface area contributed by atoms with Crippen molar-refractivity contribution in [2.75, 3.05) is 12.3 Å². The van der Waals surface area contributed by atoms with E-state index >= 15 is 0 Å². The molecule has 2 fully saturated rings. The van der Waals surface area contributed by atoms with E-state index in [9.17, 15) is 9.59 Å². The standard InChI is InChI=1S/C16H24N4O2S/c1-10-13(22)17-14(19-18-10)23-7-12(21)20-9-16(4)6-11(20)5-15(2,3)8-16/h11H,5-9H2,1-4H3,(H,17,19,22).